The van der Waals surface area contributed by atoms with Crippen molar-refractivity contribution in [3.05, 3.63) is 112 Å². The van der Waals surface area contributed by atoms with Crippen molar-refractivity contribution in [3.63, 3.8) is 0 Å². The average Bonchev–Trinajstić information content (AvgIpc) is 3.41. The molecule has 6 rings (SSSR count). The molecule has 0 spiro atoms. The van der Waals surface area contributed by atoms with Crippen LogP contribution in [0, 0.1) is 11.2 Å². The first kappa shape index (κ1) is 32.2. The number of hydrogen-bond acceptors (Lipinski definition) is 4. The Labute approximate surface area is 269 Å². The van der Waals surface area contributed by atoms with E-state index in [0.29, 0.717) is 39.7 Å². The van der Waals surface area contributed by atoms with Crippen molar-refractivity contribution >= 4 is 39.0 Å². The lowest BCUT2D eigenvalue weighted by molar-refractivity contribution is -0.137. The number of ketones is 1. The van der Waals surface area contributed by atoms with Crippen LogP contribution in [-0.2, 0) is 22.3 Å². The molecule has 240 valence electrons. The summed E-state index contributed by atoms with van der Waals surface area (Å²) in [6, 6.07) is 13.5. The summed E-state index contributed by atoms with van der Waals surface area (Å²) in [6.07, 6.45) is 1.09. The molecule has 1 unspecified atom stereocenters. The Morgan fingerprint density at radius 2 is 1.83 bits per heavy atom. The van der Waals surface area contributed by atoms with E-state index in [-0.39, 0.29) is 24.6 Å². The van der Waals surface area contributed by atoms with Crippen LogP contribution in [0.2, 0.25) is 5.02 Å². The first-order valence-corrected chi connectivity index (χ1v) is 16.8. The van der Waals surface area contributed by atoms with Crippen LogP contribution in [0.25, 0.3) is 11.8 Å². The molecule has 2 aromatic carbocycles. The number of Topliss-reactive ketones (excluding diaryl/α,β-unsaturated/α-hetero) is 1. The SMILES string of the molecule is C=S(=O)(c1ccc(Cl)cc1)N(C(C)C)[C@H]1CCC2=Cc3c(cnn3-c3ccc(F)cc3)C[C@]2(C(=O)c2cc(C(F)(F)F)ccn2)C1. The molecule has 2 aliphatic rings. The Bertz CT molecular complexity index is 1940. The maximum Gasteiger partial charge on any atom is 0.416 e. The highest BCUT2D eigenvalue weighted by molar-refractivity contribution is 7.98. The molecule has 4 aromatic rings. The van der Waals surface area contributed by atoms with Crippen molar-refractivity contribution in [1.29, 1.82) is 0 Å². The highest BCUT2D eigenvalue weighted by Gasteiger charge is 2.51. The van der Waals surface area contributed by atoms with E-state index in [1.807, 2.05) is 24.2 Å². The van der Waals surface area contributed by atoms with E-state index in [4.69, 9.17) is 11.6 Å². The Balaban J connectivity index is 1.47. The molecule has 12 heteroatoms. The predicted octanol–water partition coefficient (Wildman–Crippen LogP) is 7.84. The minimum Gasteiger partial charge on any atom is -0.291 e. The number of aromatic nitrogens is 3. The largest absolute Gasteiger partial charge is 0.416 e. The zero-order valence-corrected chi connectivity index (χ0v) is 26.7. The summed E-state index contributed by atoms with van der Waals surface area (Å²) >= 11 is 6.10. The maximum absolute atomic E-state index is 14.6. The van der Waals surface area contributed by atoms with Gasteiger partial charge in [-0.25, -0.2) is 17.6 Å². The zero-order valence-electron chi connectivity index (χ0n) is 25.1. The van der Waals surface area contributed by atoms with Gasteiger partial charge in [-0.15, -0.1) is 0 Å². The first-order chi connectivity index (χ1) is 21.7. The van der Waals surface area contributed by atoms with E-state index in [0.717, 1.165) is 23.9 Å². The Kier molecular flexibility index (Phi) is 8.23. The zero-order chi connectivity index (χ0) is 33.0. The van der Waals surface area contributed by atoms with Crippen molar-refractivity contribution < 1.29 is 26.6 Å². The van der Waals surface area contributed by atoms with Crippen molar-refractivity contribution in [2.24, 2.45) is 5.41 Å². The van der Waals surface area contributed by atoms with Gasteiger partial charge in [0, 0.05) is 28.2 Å². The third-order valence-electron chi connectivity index (χ3n) is 8.85. The third-order valence-corrected chi connectivity index (χ3v) is 11.5. The van der Waals surface area contributed by atoms with Gasteiger partial charge in [-0.3, -0.25) is 9.78 Å². The summed E-state index contributed by atoms with van der Waals surface area (Å²) in [5, 5.41) is 5.02. The molecule has 2 heterocycles. The molecule has 0 amide bonds. The summed E-state index contributed by atoms with van der Waals surface area (Å²) in [6.45, 7) is 3.81. The van der Waals surface area contributed by atoms with Crippen LogP contribution in [-0.4, -0.2) is 47.0 Å². The van der Waals surface area contributed by atoms with Crippen LogP contribution >= 0.6 is 11.6 Å². The fourth-order valence-electron chi connectivity index (χ4n) is 6.84. The molecule has 0 saturated heterocycles. The molecule has 1 fully saturated rings. The summed E-state index contributed by atoms with van der Waals surface area (Å²) in [4.78, 5) is 19.2. The number of fused-ring (bicyclic) bond motifs is 2. The molecule has 2 aliphatic carbocycles. The van der Waals surface area contributed by atoms with E-state index < -0.39 is 44.5 Å². The molecule has 3 atom stereocenters. The topological polar surface area (TPSA) is 68.1 Å². The molecule has 46 heavy (non-hydrogen) atoms. The number of carbonyl (C=O) groups is 1. The van der Waals surface area contributed by atoms with Gasteiger partial charge >= 0.3 is 6.18 Å². The number of carbonyl (C=O) groups excluding carboxylic acids is 1. The van der Waals surface area contributed by atoms with Crippen molar-refractivity contribution in [1.82, 2.24) is 19.1 Å². The Hall–Kier alpha value is -3.80. The Morgan fingerprint density at radius 1 is 1.13 bits per heavy atom. The molecular weight excluding hydrogens is 640 g/mol. The van der Waals surface area contributed by atoms with Crippen LogP contribution in [0.5, 0.6) is 0 Å². The van der Waals surface area contributed by atoms with Gasteiger partial charge < -0.3 is 0 Å². The third kappa shape index (κ3) is 5.69. The van der Waals surface area contributed by atoms with E-state index in [1.54, 1.807) is 47.3 Å². The summed E-state index contributed by atoms with van der Waals surface area (Å²) in [5.74, 6) is 3.21. The number of pyridine rings is 1. The molecule has 0 radical (unpaired) electrons. The van der Waals surface area contributed by atoms with Crippen molar-refractivity contribution in [2.75, 3.05) is 0 Å². The van der Waals surface area contributed by atoms with E-state index in [1.165, 1.54) is 12.1 Å². The van der Waals surface area contributed by atoms with Gasteiger partial charge in [0.05, 0.1) is 38.3 Å². The number of nitrogens with zero attached hydrogens (tertiary/aromatic N) is 4. The number of allylic oxidation sites excluding steroid dienone is 1. The van der Waals surface area contributed by atoms with Gasteiger partial charge in [0.1, 0.15) is 11.5 Å². The number of alkyl halides is 3. The minimum atomic E-state index is -4.66. The van der Waals surface area contributed by atoms with Crippen molar-refractivity contribution in [2.45, 2.75) is 62.7 Å². The second kappa shape index (κ2) is 11.8. The summed E-state index contributed by atoms with van der Waals surface area (Å²) in [7, 11) is -3.06. The average molecular weight is 671 g/mol. The lowest BCUT2D eigenvalue weighted by atomic mass is 9.60. The fourth-order valence-corrected chi connectivity index (χ4v) is 9.11. The molecule has 6 nitrogen and oxygen atoms in total. The van der Waals surface area contributed by atoms with Crippen LogP contribution in [0.15, 0.2) is 83.5 Å². The second-order valence-electron chi connectivity index (χ2n) is 12.1. The summed E-state index contributed by atoms with van der Waals surface area (Å²) < 4.78 is 72.8. The second-order valence-corrected chi connectivity index (χ2v) is 14.7. The first-order valence-electron chi connectivity index (χ1n) is 14.7. The standard InChI is InChI=1S/C34H31ClF4N4O2S/c1-21(2)43(46(3,45)29-12-5-25(35)6-13-29)28-9-4-23-17-31-22(20-41-42(31)27-10-7-26(36)8-11-27)18-33(23,19-28)32(44)30-16-24(14-15-40-30)34(37,38)39/h5-8,10-17,20-21,28H,3-4,9,18-19H2,1-2H3/t28-,33-,46?/m0/s1. The van der Waals surface area contributed by atoms with Gasteiger partial charge in [-0.05, 0) is 118 Å². The quantitative estimate of drug-likeness (QED) is 0.114. The van der Waals surface area contributed by atoms with Gasteiger partial charge in [0.2, 0.25) is 0 Å². The predicted molar refractivity (Wildman–Crippen MR) is 171 cm³/mol. The highest BCUT2D eigenvalue weighted by Crippen LogP contribution is 2.52. The minimum absolute atomic E-state index is 0.147. The van der Waals surface area contributed by atoms with E-state index in [9.17, 15) is 26.6 Å². The van der Waals surface area contributed by atoms with E-state index in [2.05, 4.69) is 16.0 Å². The normalized spacial score (nSPS) is 21.0. The van der Waals surface area contributed by atoms with Crippen LogP contribution < -0.4 is 0 Å². The van der Waals surface area contributed by atoms with Gasteiger partial charge in [-0.1, -0.05) is 17.2 Å². The number of hydrogen-bond donors (Lipinski definition) is 0. The molecule has 0 bridgehead atoms. The van der Waals surface area contributed by atoms with Crippen LogP contribution in [0.4, 0.5) is 17.6 Å². The van der Waals surface area contributed by atoms with Crippen LogP contribution in [0.3, 0.4) is 0 Å². The molecular formula is C34H31ClF4N4O2S. The van der Waals surface area contributed by atoms with Gasteiger partial charge in [0.15, 0.2) is 5.78 Å². The van der Waals surface area contributed by atoms with Crippen LogP contribution in [0.1, 0.15) is 60.4 Å². The van der Waals surface area contributed by atoms with Gasteiger partial charge in [0.25, 0.3) is 0 Å². The maximum atomic E-state index is 14.6. The Morgan fingerprint density at radius 3 is 2.48 bits per heavy atom. The number of rotatable bonds is 7. The summed E-state index contributed by atoms with van der Waals surface area (Å²) in [5.41, 5.74) is 0.230. The lowest BCUT2D eigenvalue weighted by Gasteiger charge is -2.48. The molecule has 2 aromatic heterocycles. The smallest absolute Gasteiger partial charge is 0.291 e. The molecule has 0 aliphatic heterocycles. The monoisotopic (exact) mass is 670 g/mol. The van der Waals surface area contributed by atoms with E-state index >= 15 is 0 Å². The lowest BCUT2D eigenvalue weighted by Crippen LogP contribution is -2.52. The van der Waals surface area contributed by atoms with Gasteiger partial charge in [-0.2, -0.15) is 18.3 Å². The highest BCUT2D eigenvalue weighted by atomic mass is 35.5. The van der Waals surface area contributed by atoms with Crippen molar-refractivity contribution in [3.8, 4) is 5.69 Å². The number of halogens is 5. The fraction of sp³-hybridized carbons (Fsp3) is 0.294. The molecule has 1 saturated carbocycles. The molecule has 0 N–H and O–H groups in total. The number of benzene rings is 2.